The molecule has 2 rings (SSSR count). The van der Waals surface area contributed by atoms with Crippen molar-refractivity contribution in [2.24, 2.45) is 5.41 Å². The summed E-state index contributed by atoms with van der Waals surface area (Å²) in [5.74, 6) is 0.929. The fourth-order valence-electron chi connectivity index (χ4n) is 3.33. The van der Waals surface area contributed by atoms with E-state index >= 15 is 0 Å². The van der Waals surface area contributed by atoms with Gasteiger partial charge in [-0.3, -0.25) is 0 Å². The molecule has 0 unspecified atom stereocenters. The molecule has 0 radical (unpaired) electrons. The molecule has 0 aromatic heterocycles. The minimum atomic E-state index is 0.437. The van der Waals surface area contributed by atoms with Crippen molar-refractivity contribution in [2.75, 3.05) is 39.2 Å². The highest BCUT2D eigenvalue weighted by molar-refractivity contribution is 5.50. The van der Waals surface area contributed by atoms with Gasteiger partial charge in [-0.2, -0.15) is 0 Å². The summed E-state index contributed by atoms with van der Waals surface area (Å²) in [6, 6.07) is 8.33. The first kappa shape index (κ1) is 14.2. The largest absolute Gasteiger partial charge is 0.497 e. The van der Waals surface area contributed by atoms with Crippen molar-refractivity contribution >= 4 is 5.69 Å². The van der Waals surface area contributed by atoms with E-state index in [1.807, 2.05) is 6.07 Å². The van der Waals surface area contributed by atoms with E-state index in [1.165, 1.54) is 31.4 Å². The van der Waals surface area contributed by atoms with Crippen LogP contribution in [0.5, 0.6) is 5.75 Å². The highest BCUT2D eigenvalue weighted by Gasteiger charge is 2.34. The average Bonchev–Trinajstić information content (AvgIpc) is 2.87. The molecule has 19 heavy (non-hydrogen) atoms. The molecule has 3 heteroatoms. The van der Waals surface area contributed by atoms with Crippen LogP contribution in [-0.4, -0.2) is 34.3 Å². The summed E-state index contributed by atoms with van der Waals surface area (Å²) in [5.41, 5.74) is 1.67. The Morgan fingerprint density at radius 1 is 1.32 bits per heavy atom. The summed E-state index contributed by atoms with van der Waals surface area (Å²) in [4.78, 5) is 2.37. The molecular formula is C16H26N2O. The molecule has 3 nitrogen and oxygen atoms in total. The maximum atomic E-state index is 5.31. The highest BCUT2D eigenvalue weighted by Crippen LogP contribution is 2.39. The van der Waals surface area contributed by atoms with Crippen LogP contribution in [0.4, 0.5) is 5.69 Å². The van der Waals surface area contributed by atoms with Crippen molar-refractivity contribution in [3.8, 4) is 5.75 Å². The number of benzene rings is 1. The predicted octanol–water partition coefficient (Wildman–Crippen LogP) is 2.91. The first-order valence-electron chi connectivity index (χ1n) is 7.19. The van der Waals surface area contributed by atoms with E-state index in [9.17, 15) is 0 Å². The van der Waals surface area contributed by atoms with Crippen LogP contribution in [0.15, 0.2) is 24.3 Å². The van der Waals surface area contributed by atoms with Crippen molar-refractivity contribution < 1.29 is 4.74 Å². The number of hydrogen-bond donors (Lipinski definition) is 1. The van der Waals surface area contributed by atoms with Gasteiger partial charge in [-0.15, -0.1) is 0 Å². The Morgan fingerprint density at radius 2 is 2.05 bits per heavy atom. The number of methoxy groups -OCH3 is 1. The molecule has 1 fully saturated rings. The van der Waals surface area contributed by atoms with Gasteiger partial charge in [0, 0.05) is 37.3 Å². The standard InChI is InChI=1S/C16H26N2O/c1-17-12-16(9-4-5-10-16)13-18(2)14-7-6-8-15(11-14)19-3/h6-8,11,17H,4-5,9-10,12-13H2,1-3H3. The minimum Gasteiger partial charge on any atom is -0.497 e. The number of ether oxygens (including phenoxy) is 1. The zero-order valence-corrected chi connectivity index (χ0v) is 12.4. The van der Waals surface area contributed by atoms with Gasteiger partial charge in [0.25, 0.3) is 0 Å². The smallest absolute Gasteiger partial charge is 0.120 e. The molecule has 1 saturated carbocycles. The Kier molecular flexibility index (Phi) is 4.70. The molecule has 1 aliphatic carbocycles. The zero-order valence-electron chi connectivity index (χ0n) is 12.4. The lowest BCUT2D eigenvalue weighted by Gasteiger charge is -2.34. The molecule has 0 bridgehead atoms. The Labute approximate surface area is 116 Å². The summed E-state index contributed by atoms with van der Waals surface area (Å²) in [7, 11) is 5.97. The highest BCUT2D eigenvalue weighted by atomic mass is 16.5. The second-order valence-electron chi connectivity index (χ2n) is 5.79. The van der Waals surface area contributed by atoms with Crippen LogP contribution in [0.3, 0.4) is 0 Å². The lowest BCUT2D eigenvalue weighted by Crippen LogP contribution is -2.40. The van der Waals surface area contributed by atoms with Gasteiger partial charge < -0.3 is 15.0 Å². The lowest BCUT2D eigenvalue weighted by molar-refractivity contribution is 0.295. The quantitative estimate of drug-likeness (QED) is 0.853. The zero-order chi connectivity index (χ0) is 13.7. The van der Waals surface area contributed by atoms with E-state index in [4.69, 9.17) is 4.74 Å². The van der Waals surface area contributed by atoms with Gasteiger partial charge in [0.05, 0.1) is 7.11 Å². The third-order valence-corrected chi connectivity index (χ3v) is 4.28. The number of nitrogens with zero attached hydrogens (tertiary/aromatic N) is 1. The molecule has 1 aromatic carbocycles. The van der Waals surface area contributed by atoms with Crippen molar-refractivity contribution in [1.29, 1.82) is 0 Å². The Balaban J connectivity index is 2.08. The first-order valence-corrected chi connectivity index (χ1v) is 7.19. The molecule has 1 aromatic rings. The number of hydrogen-bond acceptors (Lipinski definition) is 3. The fraction of sp³-hybridized carbons (Fsp3) is 0.625. The topological polar surface area (TPSA) is 24.5 Å². The molecule has 0 amide bonds. The number of rotatable bonds is 6. The van der Waals surface area contributed by atoms with E-state index in [1.54, 1.807) is 7.11 Å². The minimum absolute atomic E-state index is 0.437. The van der Waals surface area contributed by atoms with Crippen LogP contribution in [-0.2, 0) is 0 Å². The summed E-state index contributed by atoms with van der Waals surface area (Å²) in [5, 5.41) is 3.38. The molecule has 0 saturated heterocycles. The van der Waals surface area contributed by atoms with Crippen molar-refractivity contribution in [3.63, 3.8) is 0 Å². The maximum Gasteiger partial charge on any atom is 0.120 e. The summed E-state index contributed by atoms with van der Waals surface area (Å²) < 4.78 is 5.31. The van der Waals surface area contributed by atoms with Gasteiger partial charge in [-0.05, 0) is 32.0 Å². The third kappa shape index (κ3) is 3.41. The molecule has 0 heterocycles. The van der Waals surface area contributed by atoms with Gasteiger partial charge in [0.1, 0.15) is 5.75 Å². The SMILES string of the molecule is CNCC1(CN(C)c2cccc(OC)c2)CCCC1. The summed E-state index contributed by atoms with van der Waals surface area (Å²) >= 11 is 0. The number of nitrogens with one attached hydrogen (secondary N) is 1. The van der Waals surface area contributed by atoms with Gasteiger partial charge >= 0.3 is 0 Å². The monoisotopic (exact) mass is 262 g/mol. The molecule has 106 valence electrons. The van der Waals surface area contributed by atoms with Crippen molar-refractivity contribution in [1.82, 2.24) is 5.32 Å². The van der Waals surface area contributed by atoms with Crippen LogP contribution in [0.25, 0.3) is 0 Å². The maximum absolute atomic E-state index is 5.31. The van der Waals surface area contributed by atoms with Crippen LogP contribution in [0, 0.1) is 5.41 Å². The molecule has 1 aliphatic rings. The molecule has 0 aliphatic heterocycles. The van der Waals surface area contributed by atoms with Gasteiger partial charge in [0.15, 0.2) is 0 Å². The van der Waals surface area contributed by atoms with Crippen molar-refractivity contribution in [2.45, 2.75) is 25.7 Å². The molecule has 1 N–H and O–H groups in total. The van der Waals surface area contributed by atoms with E-state index in [0.717, 1.165) is 18.8 Å². The van der Waals surface area contributed by atoms with Crippen LogP contribution < -0.4 is 15.0 Å². The lowest BCUT2D eigenvalue weighted by atomic mass is 9.85. The first-order chi connectivity index (χ1) is 9.19. The second kappa shape index (κ2) is 6.29. The van der Waals surface area contributed by atoms with Gasteiger partial charge in [-0.1, -0.05) is 18.9 Å². The normalized spacial score (nSPS) is 17.4. The van der Waals surface area contributed by atoms with E-state index in [-0.39, 0.29) is 0 Å². The van der Waals surface area contributed by atoms with E-state index in [0.29, 0.717) is 5.41 Å². The second-order valence-corrected chi connectivity index (χ2v) is 5.79. The fourth-order valence-corrected chi connectivity index (χ4v) is 3.33. The molecule has 0 spiro atoms. The van der Waals surface area contributed by atoms with Crippen molar-refractivity contribution in [3.05, 3.63) is 24.3 Å². The van der Waals surface area contributed by atoms with Gasteiger partial charge in [-0.25, -0.2) is 0 Å². The summed E-state index contributed by atoms with van der Waals surface area (Å²) in [6.45, 7) is 2.22. The molecule has 0 atom stereocenters. The van der Waals surface area contributed by atoms with E-state index in [2.05, 4.69) is 42.5 Å². The van der Waals surface area contributed by atoms with Gasteiger partial charge in [0.2, 0.25) is 0 Å². The Morgan fingerprint density at radius 3 is 2.68 bits per heavy atom. The Bertz CT molecular complexity index is 399. The summed E-state index contributed by atoms with van der Waals surface area (Å²) in [6.07, 6.45) is 5.41. The van der Waals surface area contributed by atoms with Crippen LogP contribution in [0.2, 0.25) is 0 Å². The number of anilines is 1. The van der Waals surface area contributed by atoms with Crippen LogP contribution in [0.1, 0.15) is 25.7 Å². The van der Waals surface area contributed by atoms with Crippen LogP contribution >= 0.6 is 0 Å². The Hall–Kier alpha value is -1.22. The predicted molar refractivity (Wildman–Crippen MR) is 81.1 cm³/mol. The average molecular weight is 262 g/mol. The third-order valence-electron chi connectivity index (χ3n) is 4.28. The van der Waals surface area contributed by atoms with E-state index < -0.39 is 0 Å². The molecular weight excluding hydrogens is 236 g/mol.